The summed E-state index contributed by atoms with van der Waals surface area (Å²) in [5.41, 5.74) is 1.29. The van der Waals surface area contributed by atoms with Gasteiger partial charge in [-0.25, -0.2) is 4.79 Å². The van der Waals surface area contributed by atoms with Gasteiger partial charge in [0.05, 0.1) is 0 Å². The van der Waals surface area contributed by atoms with Crippen LogP contribution in [0.1, 0.15) is 59.1 Å². The molecule has 0 radical (unpaired) electrons. The fourth-order valence-corrected chi connectivity index (χ4v) is 3.61. The lowest BCUT2D eigenvalue weighted by atomic mass is 10.00. The third-order valence-corrected chi connectivity index (χ3v) is 4.82. The number of ether oxygens (including phenoxy) is 1. The molecule has 0 spiro atoms. The summed E-state index contributed by atoms with van der Waals surface area (Å²) in [4.78, 5) is 25.4. The van der Waals surface area contributed by atoms with E-state index >= 15 is 0 Å². The highest BCUT2D eigenvalue weighted by Crippen LogP contribution is 2.28. The highest BCUT2D eigenvalue weighted by atomic mass is 32.1. The van der Waals surface area contributed by atoms with E-state index in [0.29, 0.717) is 11.4 Å². The second-order valence-corrected chi connectivity index (χ2v) is 6.54. The van der Waals surface area contributed by atoms with Gasteiger partial charge in [0.15, 0.2) is 6.61 Å². The minimum Gasteiger partial charge on any atom is -0.451 e. The van der Waals surface area contributed by atoms with Crippen molar-refractivity contribution >= 4 is 23.2 Å². The molecule has 1 amide bonds. The van der Waals surface area contributed by atoms with Crippen LogP contribution in [0, 0.1) is 0 Å². The Morgan fingerprint density at radius 1 is 1.24 bits per heavy atom. The van der Waals surface area contributed by atoms with Gasteiger partial charge < -0.3 is 10.1 Å². The van der Waals surface area contributed by atoms with Crippen LogP contribution in [0.2, 0.25) is 0 Å². The minimum absolute atomic E-state index is 0.193. The summed E-state index contributed by atoms with van der Waals surface area (Å²) in [6, 6.07) is 1.96. The molecule has 1 heterocycles. The predicted octanol–water partition coefficient (Wildman–Crippen LogP) is 3.09. The van der Waals surface area contributed by atoms with E-state index in [4.69, 9.17) is 4.74 Å². The SMILES string of the molecule is CCCNC(=O)COC(=O)c1cc2c(s1)CCCCCC2. The van der Waals surface area contributed by atoms with Crippen LogP contribution in [0.4, 0.5) is 0 Å². The van der Waals surface area contributed by atoms with Crippen molar-refractivity contribution in [2.45, 2.75) is 51.9 Å². The summed E-state index contributed by atoms with van der Waals surface area (Å²) in [5.74, 6) is -0.612. The Hall–Kier alpha value is -1.36. The van der Waals surface area contributed by atoms with Gasteiger partial charge in [-0.1, -0.05) is 19.8 Å². The van der Waals surface area contributed by atoms with Gasteiger partial charge >= 0.3 is 5.97 Å². The monoisotopic (exact) mass is 309 g/mol. The van der Waals surface area contributed by atoms with Gasteiger partial charge in [-0.05, 0) is 43.7 Å². The Morgan fingerprint density at radius 3 is 2.76 bits per heavy atom. The Kier molecular flexibility index (Phi) is 6.23. The van der Waals surface area contributed by atoms with Crippen molar-refractivity contribution < 1.29 is 14.3 Å². The molecule has 2 rings (SSSR count). The number of hydrogen-bond donors (Lipinski definition) is 1. The second kappa shape index (κ2) is 8.17. The molecule has 1 aliphatic rings. The van der Waals surface area contributed by atoms with Crippen LogP contribution in [-0.2, 0) is 22.4 Å². The fourth-order valence-electron chi connectivity index (χ4n) is 2.46. The Balaban J connectivity index is 1.90. The topological polar surface area (TPSA) is 55.4 Å². The number of nitrogens with one attached hydrogen (secondary N) is 1. The van der Waals surface area contributed by atoms with E-state index < -0.39 is 0 Å². The summed E-state index contributed by atoms with van der Waals surface area (Å²) in [5, 5.41) is 2.69. The first-order valence-corrected chi connectivity index (χ1v) is 8.57. The zero-order valence-electron chi connectivity index (χ0n) is 12.6. The van der Waals surface area contributed by atoms with Gasteiger partial charge in [0.2, 0.25) is 0 Å². The Morgan fingerprint density at radius 2 is 2.00 bits per heavy atom. The molecule has 0 bridgehead atoms. The summed E-state index contributed by atoms with van der Waals surface area (Å²) >= 11 is 1.53. The summed E-state index contributed by atoms with van der Waals surface area (Å²) in [7, 11) is 0. The number of aryl methyl sites for hydroxylation is 2. The molecule has 5 heteroatoms. The first-order chi connectivity index (χ1) is 10.2. The molecule has 21 heavy (non-hydrogen) atoms. The number of carbonyl (C=O) groups is 2. The van der Waals surface area contributed by atoms with Crippen LogP contribution >= 0.6 is 11.3 Å². The van der Waals surface area contributed by atoms with Gasteiger partial charge in [0, 0.05) is 11.4 Å². The van der Waals surface area contributed by atoms with Gasteiger partial charge in [-0.15, -0.1) is 11.3 Å². The maximum absolute atomic E-state index is 12.0. The van der Waals surface area contributed by atoms with Crippen molar-refractivity contribution in [3.05, 3.63) is 21.4 Å². The number of carbonyl (C=O) groups excluding carboxylic acids is 2. The predicted molar refractivity (Wildman–Crippen MR) is 83.8 cm³/mol. The zero-order chi connectivity index (χ0) is 15.1. The first kappa shape index (κ1) is 16.0. The first-order valence-electron chi connectivity index (χ1n) is 7.76. The summed E-state index contributed by atoms with van der Waals surface area (Å²) in [6.07, 6.45) is 7.91. The van der Waals surface area contributed by atoms with E-state index in [1.54, 1.807) is 0 Å². The molecule has 1 N–H and O–H groups in total. The van der Waals surface area contributed by atoms with Crippen molar-refractivity contribution in [3.8, 4) is 0 Å². The fraction of sp³-hybridized carbons (Fsp3) is 0.625. The minimum atomic E-state index is -0.376. The lowest BCUT2D eigenvalue weighted by molar-refractivity contribution is -0.124. The lowest BCUT2D eigenvalue weighted by Crippen LogP contribution is -2.29. The molecule has 0 aromatic carbocycles. The zero-order valence-corrected chi connectivity index (χ0v) is 13.4. The second-order valence-electron chi connectivity index (χ2n) is 5.40. The molecule has 1 aliphatic carbocycles. The quantitative estimate of drug-likeness (QED) is 0.850. The number of thiophene rings is 1. The molecule has 116 valence electrons. The van der Waals surface area contributed by atoms with Crippen LogP contribution in [0.5, 0.6) is 0 Å². The maximum Gasteiger partial charge on any atom is 0.348 e. The van der Waals surface area contributed by atoms with Crippen molar-refractivity contribution in [3.63, 3.8) is 0 Å². The van der Waals surface area contributed by atoms with Crippen molar-refractivity contribution in [2.75, 3.05) is 13.2 Å². The molecular formula is C16H23NO3S. The molecule has 1 aromatic heterocycles. The molecule has 0 aliphatic heterocycles. The maximum atomic E-state index is 12.0. The van der Waals surface area contributed by atoms with Crippen molar-refractivity contribution in [2.24, 2.45) is 0 Å². The smallest absolute Gasteiger partial charge is 0.348 e. The number of amides is 1. The Bertz CT molecular complexity index is 470. The van der Waals surface area contributed by atoms with Crippen LogP contribution < -0.4 is 5.32 Å². The van der Waals surface area contributed by atoms with E-state index in [0.717, 1.165) is 19.3 Å². The van der Waals surface area contributed by atoms with Crippen LogP contribution in [0.3, 0.4) is 0 Å². The van der Waals surface area contributed by atoms with Gasteiger partial charge in [0.1, 0.15) is 4.88 Å². The summed E-state index contributed by atoms with van der Waals surface area (Å²) in [6.45, 7) is 2.40. The van der Waals surface area contributed by atoms with E-state index in [1.807, 2.05) is 13.0 Å². The van der Waals surface area contributed by atoms with Gasteiger partial charge in [0.25, 0.3) is 5.91 Å². The van der Waals surface area contributed by atoms with Crippen molar-refractivity contribution in [1.82, 2.24) is 5.32 Å². The van der Waals surface area contributed by atoms with E-state index in [-0.39, 0.29) is 18.5 Å². The standard InChI is InChI=1S/C16H23NO3S/c1-2-9-17-15(18)11-20-16(19)14-10-12-7-5-3-4-6-8-13(12)21-14/h10H,2-9,11H2,1H3,(H,17,18). The molecule has 0 atom stereocenters. The number of fused-ring (bicyclic) bond motifs is 1. The molecule has 0 fully saturated rings. The summed E-state index contributed by atoms with van der Waals surface area (Å²) < 4.78 is 5.09. The number of hydrogen-bond acceptors (Lipinski definition) is 4. The molecule has 0 unspecified atom stereocenters. The third-order valence-electron chi connectivity index (χ3n) is 3.60. The molecular weight excluding hydrogens is 286 g/mol. The molecule has 1 aromatic rings. The van der Waals surface area contributed by atoms with Crippen LogP contribution in [-0.4, -0.2) is 25.0 Å². The highest BCUT2D eigenvalue weighted by molar-refractivity contribution is 7.14. The normalized spacial score (nSPS) is 14.7. The third kappa shape index (κ3) is 4.84. The average molecular weight is 309 g/mol. The molecule has 4 nitrogen and oxygen atoms in total. The van der Waals surface area contributed by atoms with Gasteiger partial charge in [-0.2, -0.15) is 0 Å². The van der Waals surface area contributed by atoms with Crippen molar-refractivity contribution in [1.29, 1.82) is 0 Å². The van der Waals surface area contributed by atoms with E-state index in [1.165, 1.54) is 47.5 Å². The van der Waals surface area contributed by atoms with Crippen LogP contribution in [0.15, 0.2) is 6.07 Å². The number of rotatable bonds is 5. The lowest BCUT2D eigenvalue weighted by Gasteiger charge is -2.07. The van der Waals surface area contributed by atoms with Crippen LogP contribution in [0.25, 0.3) is 0 Å². The largest absolute Gasteiger partial charge is 0.451 e. The Labute approximate surface area is 129 Å². The average Bonchev–Trinajstić information content (AvgIpc) is 2.85. The van der Waals surface area contributed by atoms with E-state index in [2.05, 4.69) is 5.32 Å². The molecule has 0 saturated carbocycles. The molecule has 0 saturated heterocycles. The number of esters is 1. The highest BCUT2D eigenvalue weighted by Gasteiger charge is 2.17. The van der Waals surface area contributed by atoms with Gasteiger partial charge in [-0.3, -0.25) is 4.79 Å². The van der Waals surface area contributed by atoms with E-state index in [9.17, 15) is 9.59 Å².